The van der Waals surface area contributed by atoms with Gasteiger partial charge in [0.05, 0.1) is 6.54 Å². The lowest BCUT2D eigenvalue weighted by Crippen LogP contribution is -2.03. The van der Waals surface area contributed by atoms with Crippen molar-refractivity contribution in [1.82, 2.24) is 9.97 Å². The van der Waals surface area contributed by atoms with Gasteiger partial charge in [0.2, 0.25) is 5.95 Å². The molecule has 0 saturated carbocycles. The molecular weight excluding hydrogens is 276 g/mol. The van der Waals surface area contributed by atoms with E-state index in [0.29, 0.717) is 18.3 Å². The summed E-state index contributed by atoms with van der Waals surface area (Å²) in [6, 6.07) is 3.72. The Balaban J connectivity index is 1.99. The number of nitrogens with zero attached hydrogens (tertiary/aromatic N) is 2. The molecule has 0 spiro atoms. The Kier molecular flexibility index (Phi) is 3.17. The number of thiophene rings is 1. The van der Waals surface area contributed by atoms with Crippen LogP contribution in [0.15, 0.2) is 28.2 Å². The molecule has 0 unspecified atom stereocenters. The monoisotopic (exact) mass is 284 g/mol. The highest BCUT2D eigenvalue weighted by molar-refractivity contribution is 9.10. The molecule has 0 aliphatic carbocycles. The van der Waals surface area contributed by atoms with Crippen LogP contribution in [-0.4, -0.2) is 9.97 Å². The molecule has 0 radical (unpaired) electrons. The highest BCUT2D eigenvalue weighted by Gasteiger charge is 1.99. The first-order chi connectivity index (χ1) is 7.24. The highest BCUT2D eigenvalue weighted by Crippen LogP contribution is 2.20. The van der Waals surface area contributed by atoms with Crippen molar-refractivity contribution in [3.63, 3.8) is 0 Å². The van der Waals surface area contributed by atoms with E-state index >= 15 is 0 Å². The molecule has 0 aromatic carbocycles. The molecular formula is C9H9BrN4S. The van der Waals surface area contributed by atoms with Crippen molar-refractivity contribution in [1.29, 1.82) is 0 Å². The normalized spacial score (nSPS) is 10.2. The first kappa shape index (κ1) is 10.4. The Hall–Kier alpha value is -1.14. The number of hydrogen-bond donors (Lipinski definition) is 2. The van der Waals surface area contributed by atoms with E-state index in [1.54, 1.807) is 23.6 Å². The van der Waals surface area contributed by atoms with Gasteiger partial charge in [-0.05, 0) is 28.1 Å². The summed E-state index contributed by atoms with van der Waals surface area (Å²) in [6.45, 7) is 0.708. The number of hydrogen-bond acceptors (Lipinski definition) is 5. The first-order valence-corrected chi connectivity index (χ1v) is 5.96. The second kappa shape index (κ2) is 4.59. The van der Waals surface area contributed by atoms with Gasteiger partial charge in [-0.2, -0.15) is 4.98 Å². The fraction of sp³-hybridized carbons (Fsp3) is 0.111. The van der Waals surface area contributed by atoms with E-state index < -0.39 is 0 Å². The van der Waals surface area contributed by atoms with Gasteiger partial charge in [-0.1, -0.05) is 0 Å². The molecule has 0 aliphatic heterocycles. The third-order valence-electron chi connectivity index (χ3n) is 1.72. The second-order valence-corrected chi connectivity index (χ2v) is 4.80. The highest BCUT2D eigenvalue weighted by atomic mass is 79.9. The van der Waals surface area contributed by atoms with Gasteiger partial charge in [-0.15, -0.1) is 11.3 Å². The zero-order valence-electron chi connectivity index (χ0n) is 7.77. The van der Waals surface area contributed by atoms with E-state index in [-0.39, 0.29) is 0 Å². The van der Waals surface area contributed by atoms with Gasteiger partial charge in [-0.3, -0.25) is 0 Å². The van der Waals surface area contributed by atoms with Crippen molar-refractivity contribution in [2.24, 2.45) is 0 Å². The summed E-state index contributed by atoms with van der Waals surface area (Å²) in [7, 11) is 0. The van der Waals surface area contributed by atoms with Gasteiger partial charge >= 0.3 is 0 Å². The van der Waals surface area contributed by atoms with Crippen LogP contribution in [0.3, 0.4) is 0 Å². The minimum atomic E-state index is 0.472. The molecule has 0 amide bonds. The lowest BCUT2D eigenvalue weighted by Gasteiger charge is -2.02. The number of halogens is 1. The van der Waals surface area contributed by atoms with Crippen LogP contribution in [0.1, 0.15) is 4.88 Å². The maximum Gasteiger partial charge on any atom is 0.224 e. The molecule has 0 bridgehead atoms. The predicted octanol–water partition coefficient (Wildman–Crippen LogP) is 2.49. The van der Waals surface area contributed by atoms with Gasteiger partial charge in [0.15, 0.2) is 0 Å². The summed E-state index contributed by atoms with van der Waals surface area (Å²) >= 11 is 5.08. The lowest BCUT2D eigenvalue weighted by molar-refractivity contribution is 1.08. The molecule has 4 nitrogen and oxygen atoms in total. The van der Waals surface area contributed by atoms with E-state index in [9.17, 15) is 0 Å². The third-order valence-corrected chi connectivity index (χ3v) is 3.42. The van der Waals surface area contributed by atoms with Crippen LogP contribution in [0.5, 0.6) is 0 Å². The zero-order valence-corrected chi connectivity index (χ0v) is 10.2. The van der Waals surface area contributed by atoms with E-state index in [1.807, 2.05) is 5.38 Å². The summed E-state index contributed by atoms with van der Waals surface area (Å²) in [6.07, 6.45) is 1.63. The summed E-state index contributed by atoms with van der Waals surface area (Å²) in [5.74, 6) is 1.03. The number of aromatic nitrogens is 2. The van der Waals surface area contributed by atoms with Crippen LogP contribution in [0.4, 0.5) is 11.8 Å². The van der Waals surface area contributed by atoms with Crippen molar-refractivity contribution in [3.8, 4) is 0 Å². The molecule has 6 heteroatoms. The molecule has 15 heavy (non-hydrogen) atoms. The van der Waals surface area contributed by atoms with Crippen LogP contribution in [-0.2, 0) is 6.54 Å². The maximum atomic E-state index is 5.54. The van der Waals surface area contributed by atoms with Gasteiger partial charge in [0.25, 0.3) is 0 Å². The number of nitrogen functional groups attached to an aromatic ring is 1. The summed E-state index contributed by atoms with van der Waals surface area (Å²) in [5, 5.41) is 5.14. The Morgan fingerprint density at radius 2 is 2.40 bits per heavy atom. The van der Waals surface area contributed by atoms with Crippen molar-refractivity contribution >= 4 is 39.0 Å². The van der Waals surface area contributed by atoms with Crippen LogP contribution in [0.25, 0.3) is 0 Å². The Bertz CT molecular complexity index is 457. The van der Waals surface area contributed by atoms with Crippen LogP contribution in [0, 0.1) is 0 Å². The van der Waals surface area contributed by atoms with Gasteiger partial charge in [-0.25, -0.2) is 4.98 Å². The average Bonchev–Trinajstić information content (AvgIpc) is 2.62. The quantitative estimate of drug-likeness (QED) is 0.909. The summed E-state index contributed by atoms with van der Waals surface area (Å²) in [5.41, 5.74) is 5.54. The standard InChI is InChI=1S/C9H9BrN4S/c10-6-3-7(15-5-6)4-13-9-12-2-1-8(11)14-9/h1-3,5H,4H2,(H3,11,12,13,14). The van der Waals surface area contributed by atoms with Gasteiger partial charge in [0.1, 0.15) is 5.82 Å². The van der Waals surface area contributed by atoms with E-state index in [0.717, 1.165) is 4.47 Å². The Morgan fingerprint density at radius 1 is 1.53 bits per heavy atom. The van der Waals surface area contributed by atoms with Crippen LogP contribution < -0.4 is 11.1 Å². The summed E-state index contributed by atoms with van der Waals surface area (Å²) < 4.78 is 1.10. The van der Waals surface area contributed by atoms with E-state index in [1.165, 1.54) is 4.88 Å². The van der Waals surface area contributed by atoms with Gasteiger partial charge in [0, 0.05) is 20.9 Å². The number of anilines is 2. The number of rotatable bonds is 3. The second-order valence-electron chi connectivity index (χ2n) is 2.89. The first-order valence-electron chi connectivity index (χ1n) is 4.29. The molecule has 2 rings (SSSR count). The SMILES string of the molecule is Nc1ccnc(NCc2cc(Br)cs2)n1. The molecule has 2 aromatic heterocycles. The van der Waals surface area contributed by atoms with Crippen molar-refractivity contribution in [3.05, 3.63) is 33.1 Å². The van der Waals surface area contributed by atoms with E-state index in [2.05, 4.69) is 37.3 Å². The Morgan fingerprint density at radius 3 is 3.07 bits per heavy atom. The fourth-order valence-electron chi connectivity index (χ4n) is 1.07. The predicted molar refractivity (Wildman–Crippen MR) is 65.8 cm³/mol. The van der Waals surface area contributed by atoms with Gasteiger partial charge < -0.3 is 11.1 Å². The molecule has 0 fully saturated rings. The fourth-order valence-corrected chi connectivity index (χ4v) is 2.46. The van der Waals surface area contributed by atoms with Crippen LogP contribution in [0.2, 0.25) is 0 Å². The molecule has 2 aromatic rings. The zero-order chi connectivity index (χ0) is 10.7. The van der Waals surface area contributed by atoms with Crippen molar-refractivity contribution in [2.75, 3.05) is 11.1 Å². The number of nitrogens with one attached hydrogen (secondary N) is 1. The largest absolute Gasteiger partial charge is 0.384 e. The Labute approximate surface area is 99.7 Å². The average molecular weight is 285 g/mol. The van der Waals surface area contributed by atoms with Crippen molar-refractivity contribution < 1.29 is 0 Å². The molecule has 78 valence electrons. The third kappa shape index (κ3) is 2.90. The molecule has 0 saturated heterocycles. The number of nitrogens with two attached hydrogens (primary N) is 1. The molecule has 2 heterocycles. The maximum absolute atomic E-state index is 5.54. The topological polar surface area (TPSA) is 63.8 Å². The summed E-state index contributed by atoms with van der Waals surface area (Å²) in [4.78, 5) is 9.31. The molecule has 0 aliphatic rings. The van der Waals surface area contributed by atoms with Crippen molar-refractivity contribution in [2.45, 2.75) is 6.54 Å². The van der Waals surface area contributed by atoms with Crippen LogP contribution >= 0.6 is 27.3 Å². The smallest absolute Gasteiger partial charge is 0.224 e. The van der Waals surface area contributed by atoms with E-state index in [4.69, 9.17) is 5.73 Å². The minimum absolute atomic E-state index is 0.472. The lowest BCUT2D eigenvalue weighted by atomic mass is 10.5. The molecule has 3 N–H and O–H groups in total. The molecule has 0 atom stereocenters. The minimum Gasteiger partial charge on any atom is -0.384 e.